The van der Waals surface area contributed by atoms with Crippen molar-refractivity contribution < 1.29 is 28.5 Å². The minimum atomic E-state index is -3.96. The zero-order chi connectivity index (χ0) is 30.1. The molecule has 4 aromatic rings. The third kappa shape index (κ3) is 6.62. The van der Waals surface area contributed by atoms with Gasteiger partial charge < -0.3 is 20.6 Å². The number of amides is 1. The molecule has 1 amide bonds. The molecule has 0 atom stereocenters. The number of benzene rings is 4. The third-order valence-corrected chi connectivity index (χ3v) is 9.04. The standard InChI is InChI=1S/C31H29Cl2NO6S/c1-31(2,3)20-8-5-18(6-9-20)4-7-19-16-24(28(36)29(37)27(19)35)30(38)34-26-17-23(14-15-25(26)33)41(39,40)22-12-10-21(32)11-13-22/h5-6,8-17,35-37H,4,7H2,1-3H3,(H,34,38). The van der Waals surface area contributed by atoms with Gasteiger partial charge in [-0.3, -0.25) is 4.79 Å². The smallest absolute Gasteiger partial charge is 0.259 e. The molecular formula is C31H29Cl2NO6S. The van der Waals surface area contributed by atoms with Gasteiger partial charge in [-0.1, -0.05) is 68.2 Å². The maximum atomic E-state index is 13.2. The van der Waals surface area contributed by atoms with Gasteiger partial charge in [-0.25, -0.2) is 8.42 Å². The van der Waals surface area contributed by atoms with Gasteiger partial charge in [-0.15, -0.1) is 0 Å². The second-order valence-corrected chi connectivity index (χ2v) is 13.4. The summed E-state index contributed by atoms with van der Waals surface area (Å²) in [6.07, 6.45) is 0.768. The van der Waals surface area contributed by atoms with Gasteiger partial charge in [0.1, 0.15) is 0 Å². The summed E-state index contributed by atoms with van der Waals surface area (Å²) in [5.41, 5.74) is 2.06. The van der Waals surface area contributed by atoms with Crippen LogP contribution in [0.1, 0.15) is 47.8 Å². The molecule has 7 nitrogen and oxygen atoms in total. The van der Waals surface area contributed by atoms with E-state index in [-0.39, 0.29) is 43.5 Å². The van der Waals surface area contributed by atoms with Crippen LogP contribution in [0.3, 0.4) is 0 Å². The van der Waals surface area contributed by atoms with Crippen molar-refractivity contribution in [3.05, 3.63) is 105 Å². The van der Waals surface area contributed by atoms with Crippen molar-refractivity contribution in [1.82, 2.24) is 0 Å². The molecule has 10 heteroatoms. The van der Waals surface area contributed by atoms with E-state index in [0.717, 1.165) is 5.56 Å². The lowest BCUT2D eigenvalue weighted by molar-refractivity contribution is 0.102. The van der Waals surface area contributed by atoms with E-state index in [0.29, 0.717) is 11.4 Å². The fourth-order valence-corrected chi connectivity index (χ4v) is 5.80. The van der Waals surface area contributed by atoms with Gasteiger partial charge in [-0.2, -0.15) is 0 Å². The second-order valence-electron chi connectivity index (χ2n) is 10.6. The number of hydrogen-bond donors (Lipinski definition) is 4. The van der Waals surface area contributed by atoms with Gasteiger partial charge >= 0.3 is 0 Å². The highest BCUT2D eigenvalue weighted by Gasteiger charge is 2.24. The summed E-state index contributed by atoms with van der Waals surface area (Å²) in [5, 5.41) is 34.2. The van der Waals surface area contributed by atoms with Crippen LogP contribution in [0.4, 0.5) is 5.69 Å². The largest absolute Gasteiger partial charge is 0.504 e. The maximum Gasteiger partial charge on any atom is 0.259 e. The second kappa shape index (κ2) is 11.6. The van der Waals surface area contributed by atoms with Crippen LogP contribution in [-0.4, -0.2) is 29.6 Å². The third-order valence-electron chi connectivity index (χ3n) is 6.69. The molecule has 0 aliphatic heterocycles. The summed E-state index contributed by atoms with van der Waals surface area (Å²) in [6.45, 7) is 6.36. The first kappa shape index (κ1) is 30.2. The van der Waals surface area contributed by atoms with Gasteiger partial charge in [0.05, 0.1) is 26.1 Å². The topological polar surface area (TPSA) is 124 Å². The van der Waals surface area contributed by atoms with Crippen LogP contribution in [0.25, 0.3) is 0 Å². The van der Waals surface area contributed by atoms with Crippen LogP contribution >= 0.6 is 23.2 Å². The molecular weight excluding hydrogens is 585 g/mol. The van der Waals surface area contributed by atoms with Gasteiger partial charge in [0.15, 0.2) is 11.5 Å². The Hall–Kier alpha value is -3.72. The predicted molar refractivity (Wildman–Crippen MR) is 160 cm³/mol. The van der Waals surface area contributed by atoms with Crippen molar-refractivity contribution in [2.24, 2.45) is 0 Å². The summed E-state index contributed by atoms with van der Waals surface area (Å²) in [4.78, 5) is 13.1. The number of carbonyl (C=O) groups excluding carboxylic acids is 1. The highest BCUT2D eigenvalue weighted by molar-refractivity contribution is 7.91. The molecule has 0 aliphatic carbocycles. The van der Waals surface area contributed by atoms with Gasteiger partial charge in [-0.05, 0) is 83.5 Å². The van der Waals surface area contributed by atoms with Crippen LogP contribution in [0.2, 0.25) is 10.0 Å². The van der Waals surface area contributed by atoms with Crippen LogP contribution in [0.15, 0.2) is 82.6 Å². The summed E-state index contributed by atoms with van der Waals surface area (Å²) in [5.74, 6) is -3.05. The molecule has 0 aromatic heterocycles. The van der Waals surface area contributed by atoms with E-state index in [1.807, 2.05) is 24.3 Å². The summed E-state index contributed by atoms with van der Waals surface area (Å²) in [7, 11) is -3.96. The van der Waals surface area contributed by atoms with E-state index in [9.17, 15) is 28.5 Å². The Kier molecular flexibility index (Phi) is 8.59. The molecule has 0 fully saturated rings. The van der Waals surface area contributed by atoms with E-state index in [4.69, 9.17) is 23.2 Å². The average molecular weight is 615 g/mol. The number of sulfone groups is 1. The highest BCUT2D eigenvalue weighted by Crippen LogP contribution is 2.41. The molecule has 0 saturated carbocycles. The molecule has 0 heterocycles. The molecule has 4 N–H and O–H groups in total. The summed E-state index contributed by atoms with van der Waals surface area (Å²) in [6, 6.07) is 18.8. The number of aryl methyl sites for hydroxylation is 2. The minimum absolute atomic E-state index is 0.000267. The Morgan fingerprint density at radius 2 is 1.39 bits per heavy atom. The highest BCUT2D eigenvalue weighted by atomic mass is 35.5. The zero-order valence-corrected chi connectivity index (χ0v) is 24.9. The number of phenolic OH excluding ortho intramolecular Hbond substituents is 3. The van der Waals surface area contributed by atoms with Crippen molar-refractivity contribution in [2.75, 3.05) is 5.32 Å². The Bertz CT molecular complexity index is 1710. The summed E-state index contributed by atoms with van der Waals surface area (Å²) < 4.78 is 26.2. The molecule has 4 rings (SSSR count). The molecule has 4 aromatic carbocycles. The number of phenols is 3. The first-order valence-electron chi connectivity index (χ1n) is 12.7. The fourth-order valence-electron chi connectivity index (χ4n) is 4.22. The lowest BCUT2D eigenvalue weighted by Crippen LogP contribution is -2.14. The lowest BCUT2D eigenvalue weighted by atomic mass is 9.86. The van der Waals surface area contributed by atoms with Gasteiger partial charge in [0.2, 0.25) is 15.6 Å². The van der Waals surface area contributed by atoms with Crippen LogP contribution in [0, 0.1) is 0 Å². The van der Waals surface area contributed by atoms with Crippen molar-refractivity contribution in [3.63, 3.8) is 0 Å². The first-order chi connectivity index (χ1) is 19.2. The average Bonchev–Trinajstić information content (AvgIpc) is 2.92. The van der Waals surface area contributed by atoms with Crippen molar-refractivity contribution in [2.45, 2.75) is 48.8 Å². The molecule has 0 radical (unpaired) electrons. The van der Waals surface area contributed by atoms with Crippen LogP contribution < -0.4 is 5.32 Å². The minimum Gasteiger partial charge on any atom is -0.504 e. The van der Waals surface area contributed by atoms with E-state index < -0.39 is 33.0 Å². The Labute approximate surface area is 248 Å². The first-order valence-corrected chi connectivity index (χ1v) is 14.9. The molecule has 0 saturated heterocycles. The van der Waals surface area contributed by atoms with E-state index in [2.05, 4.69) is 26.1 Å². The Morgan fingerprint density at radius 1 is 0.780 bits per heavy atom. The van der Waals surface area contributed by atoms with Gasteiger partial charge in [0.25, 0.3) is 5.91 Å². The van der Waals surface area contributed by atoms with Crippen LogP contribution in [-0.2, 0) is 28.1 Å². The fraction of sp³-hybridized carbons (Fsp3) is 0.194. The number of halogens is 2. The molecule has 0 aliphatic rings. The molecule has 0 spiro atoms. The number of nitrogens with one attached hydrogen (secondary N) is 1. The number of carbonyl (C=O) groups is 1. The number of rotatable bonds is 7. The normalized spacial score (nSPS) is 11.8. The monoisotopic (exact) mass is 613 g/mol. The zero-order valence-electron chi connectivity index (χ0n) is 22.6. The molecule has 41 heavy (non-hydrogen) atoms. The van der Waals surface area contributed by atoms with Crippen molar-refractivity contribution in [3.8, 4) is 17.2 Å². The maximum absolute atomic E-state index is 13.2. The van der Waals surface area contributed by atoms with E-state index in [1.165, 1.54) is 54.1 Å². The van der Waals surface area contributed by atoms with Gasteiger partial charge in [0, 0.05) is 5.02 Å². The van der Waals surface area contributed by atoms with Crippen molar-refractivity contribution in [1.29, 1.82) is 0 Å². The van der Waals surface area contributed by atoms with E-state index in [1.54, 1.807) is 0 Å². The Balaban J connectivity index is 1.59. The van der Waals surface area contributed by atoms with Crippen molar-refractivity contribution >= 4 is 44.6 Å². The summed E-state index contributed by atoms with van der Waals surface area (Å²) >= 11 is 12.1. The number of anilines is 1. The van der Waals surface area contributed by atoms with E-state index >= 15 is 0 Å². The lowest BCUT2D eigenvalue weighted by Gasteiger charge is -2.19. The Morgan fingerprint density at radius 3 is 2.00 bits per heavy atom. The van der Waals surface area contributed by atoms with Crippen LogP contribution in [0.5, 0.6) is 17.2 Å². The molecule has 214 valence electrons. The SMILES string of the molecule is CC(C)(C)c1ccc(CCc2cc(C(=O)Nc3cc(S(=O)(=O)c4ccc(Cl)cc4)ccc3Cl)c(O)c(O)c2O)cc1. The molecule has 0 bridgehead atoms. The quantitative estimate of drug-likeness (QED) is 0.162. The predicted octanol–water partition coefficient (Wildman–Crippen LogP) is 7.28. The molecule has 0 unspecified atom stereocenters. The number of aromatic hydroxyl groups is 3. The number of hydrogen-bond acceptors (Lipinski definition) is 6.